The second-order valence-electron chi connectivity index (χ2n) is 8.37. The number of carbonyl (C=O) groups is 2. The van der Waals surface area contributed by atoms with Gasteiger partial charge in [0.05, 0.1) is 35.4 Å². The van der Waals surface area contributed by atoms with Gasteiger partial charge in [-0.1, -0.05) is 43.3 Å². The molecule has 1 N–H and O–H groups in total. The molecule has 0 aliphatic carbocycles. The summed E-state index contributed by atoms with van der Waals surface area (Å²) in [6.45, 7) is 1.73. The van der Waals surface area contributed by atoms with Crippen molar-refractivity contribution < 1.29 is 19.2 Å². The summed E-state index contributed by atoms with van der Waals surface area (Å²) in [5.41, 5.74) is 2.90. The van der Waals surface area contributed by atoms with Crippen molar-refractivity contribution >= 4 is 28.8 Å². The van der Waals surface area contributed by atoms with Gasteiger partial charge in [-0.2, -0.15) is 5.26 Å². The van der Waals surface area contributed by atoms with Crippen molar-refractivity contribution in [1.82, 2.24) is 4.90 Å². The molecule has 1 aliphatic heterocycles. The van der Waals surface area contributed by atoms with E-state index >= 15 is 0 Å². The predicted octanol–water partition coefficient (Wildman–Crippen LogP) is 4.67. The van der Waals surface area contributed by atoms with E-state index in [4.69, 9.17) is 4.74 Å². The second-order valence-corrected chi connectivity index (χ2v) is 8.37. The molecule has 1 aliphatic rings. The number of carbonyl (C=O) groups excluding carboxylic acids is 2. The number of anilines is 1. The van der Waals surface area contributed by atoms with Crippen LogP contribution in [-0.2, 0) is 16.0 Å². The second kappa shape index (κ2) is 10.7. The Morgan fingerprint density at radius 3 is 2.41 bits per heavy atom. The monoisotopic (exact) mass is 496 g/mol. The fourth-order valence-corrected chi connectivity index (χ4v) is 4.30. The molecule has 0 bridgehead atoms. The third-order valence-electron chi connectivity index (χ3n) is 6.20. The number of ketones is 1. The van der Waals surface area contributed by atoms with Gasteiger partial charge in [0.25, 0.3) is 17.4 Å². The number of non-ortho nitro benzene ring substituents is 1. The Morgan fingerprint density at radius 1 is 1.11 bits per heavy atom. The average molecular weight is 497 g/mol. The molecule has 1 saturated heterocycles. The van der Waals surface area contributed by atoms with Gasteiger partial charge in [-0.15, -0.1) is 0 Å². The van der Waals surface area contributed by atoms with Gasteiger partial charge >= 0.3 is 0 Å². The van der Waals surface area contributed by atoms with E-state index < -0.39 is 22.7 Å². The molecule has 0 aromatic heterocycles. The van der Waals surface area contributed by atoms with Gasteiger partial charge in [-0.3, -0.25) is 19.7 Å². The van der Waals surface area contributed by atoms with E-state index in [2.05, 4.69) is 5.32 Å². The first kappa shape index (κ1) is 25.1. The quantitative estimate of drug-likeness (QED) is 0.158. The molecule has 1 atom stereocenters. The molecule has 1 fully saturated rings. The van der Waals surface area contributed by atoms with E-state index in [0.29, 0.717) is 22.6 Å². The minimum atomic E-state index is -0.887. The molecular weight excluding hydrogens is 472 g/mol. The van der Waals surface area contributed by atoms with Crippen LogP contribution in [0, 0.1) is 21.4 Å². The lowest BCUT2D eigenvalue weighted by Gasteiger charge is -2.24. The van der Waals surface area contributed by atoms with Crippen molar-refractivity contribution in [3.63, 3.8) is 0 Å². The summed E-state index contributed by atoms with van der Waals surface area (Å²) in [6, 6.07) is 21.3. The van der Waals surface area contributed by atoms with E-state index in [1.165, 1.54) is 30.2 Å². The molecule has 37 heavy (non-hydrogen) atoms. The van der Waals surface area contributed by atoms with E-state index in [9.17, 15) is 25.0 Å². The number of aryl methyl sites for hydroxylation is 1. The normalized spacial score (nSPS) is 16.4. The third kappa shape index (κ3) is 5.04. The van der Waals surface area contributed by atoms with Gasteiger partial charge in [0.2, 0.25) is 0 Å². The summed E-state index contributed by atoms with van der Waals surface area (Å²) < 4.78 is 5.24. The van der Waals surface area contributed by atoms with Crippen LogP contribution in [0.5, 0.6) is 5.75 Å². The Morgan fingerprint density at radius 2 is 1.81 bits per heavy atom. The van der Waals surface area contributed by atoms with Crippen LogP contribution in [0.15, 0.2) is 78.4 Å². The zero-order valence-corrected chi connectivity index (χ0v) is 20.3. The van der Waals surface area contributed by atoms with Crippen LogP contribution in [-0.4, -0.2) is 35.2 Å². The Hall–Kier alpha value is -4.97. The Balaban J connectivity index is 1.97. The van der Waals surface area contributed by atoms with E-state index in [1.807, 2.05) is 37.3 Å². The molecule has 3 aromatic carbocycles. The van der Waals surface area contributed by atoms with Crippen molar-refractivity contribution in [3.05, 3.63) is 105 Å². The van der Waals surface area contributed by atoms with Crippen LogP contribution in [0.25, 0.3) is 5.70 Å². The highest BCUT2D eigenvalue weighted by Crippen LogP contribution is 2.41. The molecule has 1 unspecified atom stereocenters. The number of nitro groups is 1. The fourth-order valence-electron chi connectivity index (χ4n) is 4.30. The molecule has 186 valence electrons. The first-order chi connectivity index (χ1) is 17.9. The lowest BCUT2D eigenvalue weighted by Crippen LogP contribution is -2.30. The number of nitro benzene ring substituents is 1. The summed E-state index contributed by atoms with van der Waals surface area (Å²) in [7, 11) is 1.53. The number of methoxy groups -OCH3 is 1. The lowest BCUT2D eigenvalue weighted by atomic mass is 9.93. The third-order valence-corrected chi connectivity index (χ3v) is 6.20. The molecule has 0 saturated carbocycles. The molecule has 0 radical (unpaired) electrons. The highest BCUT2D eigenvalue weighted by molar-refractivity contribution is 6.47. The van der Waals surface area contributed by atoms with Crippen molar-refractivity contribution in [2.45, 2.75) is 19.4 Å². The van der Waals surface area contributed by atoms with Crippen LogP contribution in [0.3, 0.4) is 0 Å². The number of hydrogen-bond acceptors (Lipinski definition) is 7. The van der Waals surface area contributed by atoms with Crippen LogP contribution >= 0.6 is 0 Å². The molecule has 0 spiro atoms. The van der Waals surface area contributed by atoms with Gasteiger partial charge in [-0.05, 0) is 41.8 Å². The number of nitrogens with zero attached hydrogens (tertiary/aromatic N) is 3. The topological polar surface area (TPSA) is 126 Å². The Kier molecular flexibility index (Phi) is 7.30. The number of nitriles is 1. The number of nitrogens with one attached hydrogen (secondary N) is 1. The summed E-state index contributed by atoms with van der Waals surface area (Å²) in [5.74, 6) is -1.01. The fraction of sp³-hybridized carbons (Fsp3) is 0.179. The van der Waals surface area contributed by atoms with Crippen LogP contribution < -0.4 is 10.1 Å². The summed E-state index contributed by atoms with van der Waals surface area (Å²) in [4.78, 5) is 38.8. The van der Waals surface area contributed by atoms with E-state index in [0.717, 1.165) is 12.0 Å². The van der Waals surface area contributed by atoms with Gasteiger partial charge in [0.1, 0.15) is 12.3 Å². The number of amides is 1. The SMILES string of the molecule is CCc1ccc(NC(=C2C(=O)C(=O)N(CC#N)C2c2ccc(OC)cc2)c2cccc([N+](=O)[O-])c2)cc1. The number of Topliss-reactive ketones (excluding diaryl/α,β-unsaturated/α-hetero) is 1. The molecule has 3 aromatic rings. The zero-order chi connectivity index (χ0) is 26.5. The Labute approximate surface area is 213 Å². The molecule has 9 heteroatoms. The maximum atomic E-state index is 13.5. The van der Waals surface area contributed by atoms with Crippen molar-refractivity contribution in [3.8, 4) is 11.8 Å². The zero-order valence-electron chi connectivity index (χ0n) is 20.3. The smallest absolute Gasteiger partial charge is 0.296 e. The minimum absolute atomic E-state index is 0.102. The van der Waals surface area contributed by atoms with E-state index in [1.54, 1.807) is 30.3 Å². The predicted molar refractivity (Wildman–Crippen MR) is 138 cm³/mol. The number of likely N-dealkylation sites (tertiary alicyclic amines) is 1. The molecule has 1 amide bonds. The van der Waals surface area contributed by atoms with Crippen molar-refractivity contribution in [2.24, 2.45) is 0 Å². The van der Waals surface area contributed by atoms with Gasteiger partial charge in [0, 0.05) is 23.4 Å². The lowest BCUT2D eigenvalue weighted by molar-refractivity contribution is -0.384. The summed E-state index contributed by atoms with van der Waals surface area (Å²) in [5, 5.41) is 24.2. The molecule has 1 heterocycles. The van der Waals surface area contributed by atoms with Gasteiger partial charge in [0.15, 0.2) is 0 Å². The number of ether oxygens (including phenoxy) is 1. The maximum Gasteiger partial charge on any atom is 0.296 e. The number of benzene rings is 3. The standard InChI is InChI=1S/C28H24N4O5/c1-3-18-7-11-21(12-8-18)30-25(20-5-4-6-22(17-20)32(35)36)24-26(19-9-13-23(37-2)14-10-19)31(16-15-29)28(34)27(24)33/h4-14,17,26,30H,3,16H2,1-2H3. The highest BCUT2D eigenvalue weighted by Gasteiger charge is 2.46. The maximum absolute atomic E-state index is 13.5. The van der Waals surface area contributed by atoms with Crippen molar-refractivity contribution in [1.29, 1.82) is 5.26 Å². The summed E-state index contributed by atoms with van der Waals surface area (Å²) in [6.07, 6.45) is 0.842. The average Bonchev–Trinajstić information content (AvgIpc) is 3.17. The van der Waals surface area contributed by atoms with E-state index in [-0.39, 0.29) is 23.5 Å². The minimum Gasteiger partial charge on any atom is -0.497 e. The first-order valence-corrected chi connectivity index (χ1v) is 11.6. The molecule has 9 nitrogen and oxygen atoms in total. The van der Waals surface area contributed by atoms with Gasteiger partial charge < -0.3 is 15.0 Å². The van der Waals surface area contributed by atoms with Crippen molar-refractivity contribution in [2.75, 3.05) is 19.0 Å². The molecule has 4 rings (SSSR count). The van der Waals surface area contributed by atoms with Crippen LogP contribution in [0.4, 0.5) is 11.4 Å². The first-order valence-electron chi connectivity index (χ1n) is 11.6. The molecular formula is C28H24N4O5. The summed E-state index contributed by atoms with van der Waals surface area (Å²) >= 11 is 0. The van der Waals surface area contributed by atoms with Crippen LogP contribution in [0.2, 0.25) is 0 Å². The highest BCUT2D eigenvalue weighted by atomic mass is 16.6. The number of rotatable bonds is 8. The Bertz CT molecular complexity index is 1420. The largest absolute Gasteiger partial charge is 0.497 e. The van der Waals surface area contributed by atoms with Gasteiger partial charge in [-0.25, -0.2) is 0 Å². The number of hydrogen-bond donors (Lipinski definition) is 1. The van der Waals surface area contributed by atoms with Crippen LogP contribution in [0.1, 0.15) is 29.7 Å².